The van der Waals surface area contributed by atoms with Gasteiger partial charge in [-0.3, -0.25) is 14.6 Å². The predicted octanol–water partition coefficient (Wildman–Crippen LogP) is 3.08. The van der Waals surface area contributed by atoms with Crippen molar-refractivity contribution >= 4 is 23.6 Å². The minimum atomic E-state index is -0.478. The largest absolute Gasteiger partial charge is 0.465 e. The molecule has 1 aromatic carbocycles. The van der Waals surface area contributed by atoms with Crippen LogP contribution in [0.25, 0.3) is 6.08 Å². The monoisotopic (exact) mass is 333 g/mol. The van der Waals surface area contributed by atoms with Crippen molar-refractivity contribution in [3.63, 3.8) is 0 Å². The number of furan rings is 1. The molecular formula is C19H15N3O3. The van der Waals surface area contributed by atoms with E-state index in [0.29, 0.717) is 17.0 Å². The van der Waals surface area contributed by atoms with Gasteiger partial charge in [0.05, 0.1) is 18.1 Å². The van der Waals surface area contributed by atoms with Gasteiger partial charge in [0.2, 0.25) is 0 Å². The van der Waals surface area contributed by atoms with Gasteiger partial charge < -0.3 is 15.1 Å². The predicted molar refractivity (Wildman–Crippen MR) is 93.5 cm³/mol. The minimum absolute atomic E-state index is 0.0626. The molecule has 124 valence electrons. The minimum Gasteiger partial charge on any atom is -0.465 e. The van der Waals surface area contributed by atoms with Crippen LogP contribution in [0.15, 0.2) is 83.4 Å². The smallest absolute Gasteiger partial charge is 0.272 e. The first kappa shape index (κ1) is 16.2. The standard InChI is InChI=1S/C19H15N3O3/c23-18(14-6-2-1-3-7-14)22-17(12-16-9-5-11-25-16)19(24)21-15-8-4-10-20-13-15/h1-13H,(H,21,24)(H,22,23). The highest BCUT2D eigenvalue weighted by molar-refractivity contribution is 6.10. The van der Waals surface area contributed by atoms with Crippen LogP contribution in [0.3, 0.4) is 0 Å². The Morgan fingerprint density at radius 2 is 1.84 bits per heavy atom. The number of amides is 2. The first-order valence-electron chi connectivity index (χ1n) is 7.55. The van der Waals surface area contributed by atoms with Crippen LogP contribution in [0.4, 0.5) is 5.69 Å². The van der Waals surface area contributed by atoms with Crippen LogP contribution in [0.2, 0.25) is 0 Å². The van der Waals surface area contributed by atoms with E-state index >= 15 is 0 Å². The molecule has 0 radical (unpaired) electrons. The van der Waals surface area contributed by atoms with Crippen LogP contribution in [0.1, 0.15) is 16.1 Å². The lowest BCUT2D eigenvalue weighted by atomic mass is 10.2. The number of benzene rings is 1. The van der Waals surface area contributed by atoms with Crippen LogP contribution < -0.4 is 10.6 Å². The van der Waals surface area contributed by atoms with Crippen LogP contribution >= 0.6 is 0 Å². The van der Waals surface area contributed by atoms with Gasteiger partial charge in [-0.25, -0.2) is 0 Å². The number of nitrogens with one attached hydrogen (secondary N) is 2. The van der Waals surface area contributed by atoms with Crippen LogP contribution in [0.5, 0.6) is 0 Å². The maximum absolute atomic E-state index is 12.5. The Morgan fingerprint density at radius 1 is 1.00 bits per heavy atom. The molecular weight excluding hydrogens is 318 g/mol. The van der Waals surface area contributed by atoms with Gasteiger partial charge in [-0.1, -0.05) is 18.2 Å². The molecule has 25 heavy (non-hydrogen) atoms. The van der Waals surface area contributed by atoms with Crippen LogP contribution in [0, 0.1) is 0 Å². The summed E-state index contributed by atoms with van der Waals surface area (Å²) in [6.45, 7) is 0. The summed E-state index contributed by atoms with van der Waals surface area (Å²) in [4.78, 5) is 28.8. The molecule has 0 aliphatic heterocycles. The maximum atomic E-state index is 12.5. The summed E-state index contributed by atoms with van der Waals surface area (Å²) in [7, 11) is 0. The van der Waals surface area contributed by atoms with Crippen LogP contribution in [-0.4, -0.2) is 16.8 Å². The number of hydrogen-bond donors (Lipinski definition) is 2. The molecule has 0 saturated heterocycles. The zero-order valence-electron chi connectivity index (χ0n) is 13.2. The number of carbonyl (C=O) groups is 2. The lowest BCUT2D eigenvalue weighted by molar-refractivity contribution is -0.113. The van der Waals surface area contributed by atoms with Crippen molar-refractivity contribution in [3.05, 3.63) is 90.3 Å². The van der Waals surface area contributed by atoms with Crippen molar-refractivity contribution in [3.8, 4) is 0 Å². The van der Waals surface area contributed by atoms with Crippen molar-refractivity contribution in [1.82, 2.24) is 10.3 Å². The van der Waals surface area contributed by atoms with Gasteiger partial charge in [0, 0.05) is 17.8 Å². The Labute approximate surface area is 144 Å². The molecule has 0 spiro atoms. The van der Waals surface area contributed by atoms with Crippen molar-refractivity contribution < 1.29 is 14.0 Å². The number of aromatic nitrogens is 1. The van der Waals surface area contributed by atoms with E-state index in [0.717, 1.165) is 0 Å². The average Bonchev–Trinajstić information content (AvgIpc) is 3.16. The molecule has 2 amide bonds. The first-order valence-corrected chi connectivity index (χ1v) is 7.55. The molecule has 0 atom stereocenters. The molecule has 0 aliphatic rings. The number of carbonyl (C=O) groups excluding carboxylic acids is 2. The highest BCUT2D eigenvalue weighted by Crippen LogP contribution is 2.10. The van der Waals surface area contributed by atoms with Crippen molar-refractivity contribution in [2.75, 3.05) is 5.32 Å². The molecule has 0 saturated carbocycles. The summed E-state index contributed by atoms with van der Waals surface area (Å²) in [5, 5.41) is 5.31. The Bertz CT molecular complexity index is 873. The highest BCUT2D eigenvalue weighted by Gasteiger charge is 2.15. The third kappa shape index (κ3) is 4.42. The first-order chi connectivity index (χ1) is 12.2. The average molecular weight is 333 g/mol. The Balaban J connectivity index is 1.83. The highest BCUT2D eigenvalue weighted by atomic mass is 16.3. The molecule has 3 aromatic rings. The van der Waals surface area contributed by atoms with E-state index in [1.165, 1.54) is 18.5 Å². The molecule has 0 bridgehead atoms. The number of pyridine rings is 1. The molecule has 0 unspecified atom stereocenters. The third-order valence-corrected chi connectivity index (χ3v) is 3.28. The summed E-state index contributed by atoms with van der Waals surface area (Å²) in [5.74, 6) is -0.418. The van der Waals surface area contributed by atoms with Crippen LogP contribution in [-0.2, 0) is 4.79 Å². The van der Waals surface area contributed by atoms with Gasteiger partial charge in [0.1, 0.15) is 11.5 Å². The topological polar surface area (TPSA) is 84.2 Å². The van der Waals surface area contributed by atoms with Gasteiger partial charge in [-0.2, -0.15) is 0 Å². The fourth-order valence-electron chi connectivity index (χ4n) is 2.09. The lowest BCUT2D eigenvalue weighted by Crippen LogP contribution is -2.30. The SMILES string of the molecule is O=C(Nc1cccnc1)C(=Cc1ccco1)NC(=O)c1ccccc1. The quantitative estimate of drug-likeness (QED) is 0.703. The fourth-order valence-corrected chi connectivity index (χ4v) is 2.09. The van der Waals surface area contributed by atoms with Gasteiger partial charge in [-0.15, -0.1) is 0 Å². The summed E-state index contributed by atoms with van der Waals surface area (Å²) in [5.41, 5.74) is 1.03. The molecule has 0 aliphatic carbocycles. The van der Waals surface area contributed by atoms with Crippen molar-refractivity contribution in [2.45, 2.75) is 0 Å². The normalized spacial score (nSPS) is 11.0. The van der Waals surface area contributed by atoms with E-state index in [2.05, 4.69) is 15.6 Å². The van der Waals surface area contributed by atoms with E-state index in [4.69, 9.17) is 4.42 Å². The second-order valence-corrected chi connectivity index (χ2v) is 5.09. The van der Waals surface area contributed by atoms with E-state index < -0.39 is 5.91 Å². The lowest BCUT2D eigenvalue weighted by Gasteiger charge is -2.10. The van der Waals surface area contributed by atoms with Gasteiger partial charge >= 0.3 is 0 Å². The molecule has 0 fully saturated rings. The second-order valence-electron chi connectivity index (χ2n) is 5.09. The molecule has 2 N–H and O–H groups in total. The van der Waals surface area contributed by atoms with Crippen molar-refractivity contribution in [2.24, 2.45) is 0 Å². The zero-order chi connectivity index (χ0) is 17.5. The molecule has 6 nitrogen and oxygen atoms in total. The van der Waals surface area contributed by atoms with Crippen molar-refractivity contribution in [1.29, 1.82) is 0 Å². The summed E-state index contributed by atoms with van der Waals surface area (Å²) in [6, 6.07) is 15.4. The Hall–Kier alpha value is -3.67. The van der Waals surface area contributed by atoms with E-state index in [-0.39, 0.29) is 11.6 Å². The zero-order valence-corrected chi connectivity index (χ0v) is 13.2. The second kappa shape index (κ2) is 7.74. The van der Waals surface area contributed by atoms with E-state index in [1.54, 1.807) is 54.7 Å². The number of nitrogens with zero attached hydrogens (tertiary/aromatic N) is 1. The van der Waals surface area contributed by atoms with E-state index in [1.807, 2.05) is 6.07 Å². The molecule has 3 rings (SSSR count). The molecule has 2 aromatic heterocycles. The summed E-state index contributed by atoms with van der Waals surface area (Å²) < 4.78 is 5.23. The number of rotatable bonds is 5. The molecule has 2 heterocycles. The summed E-state index contributed by atoms with van der Waals surface area (Å²) >= 11 is 0. The van der Waals surface area contributed by atoms with Gasteiger partial charge in [0.15, 0.2) is 0 Å². The summed E-state index contributed by atoms with van der Waals surface area (Å²) in [6.07, 6.45) is 6.07. The van der Waals surface area contributed by atoms with E-state index in [9.17, 15) is 9.59 Å². The number of anilines is 1. The maximum Gasteiger partial charge on any atom is 0.272 e. The third-order valence-electron chi connectivity index (χ3n) is 3.28. The van der Waals surface area contributed by atoms with Gasteiger partial charge in [-0.05, 0) is 36.4 Å². The molecule has 6 heteroatoms. The number of hydrogen-bond acceptors (Lipinski definition) is 4. The fraction of sp³-hybridized carbons (Fsp3) is 0. The Morgan fingerprint density at radius 3 is 2.52 bits per heavy atom. The Kier molecular flexibility index (Phi) is 5.01. The van der Waals surface area contributed by atoms with Gasteiger partial charge in [0.25, 0.3) is 11.8 Å².